The first-order chi connectivity index (χ1) is 11.0. The van der Waals surface area contributed by atoms with Crippen molar-refractivity contribution < 1.29 is 29.2 Å². The van der Waals surface area contributed by atoms with Crippen LogP contribution in [0.4, 0.5) is 0 Å². The highest BCUT2D eigenvalue weighted by atomic mass is 16.7. The summed E-state index contributed by atoms with van der Waals surface area (Å²) in [6, 6.07) is 8.57. The molecule has 0 saturated heterocycles. The van der Waals surface area contributed by atoms with Gasteiger partial charge >= 0.3 is 0 Å². The van der Waals surface area contributed by atoms with Crippen molar-refractivity contribution in [2.75, 3.05) is 20.8 Å². The Morgan fingerprint density at radius 1 is 1.26 bits per heavy atom. The molecule has 2 N–H and O–H groups in total. The van der Waals surface area contributed by atoms with Crippen molar-refractivity contribution in [1.29, 1.82) is 0 Å². The first-order valence-corrected chi connectivity index (χ1v) is 7.17. The molecule has 2 unspecified atom stereocenters. The van der Waals surface area contributed by atoms with Crippen LogP contribution in [0.15, 0.2) is 47.7 Å². The number of rotatable bonds is 5. The Kier molecular flexibility index (Phi) is 5.20. The summed E-state index contributed by atoms with van der Waals surface area (Å²) < 4.78 is 15.9. The van der Waals surface area contributed by atoms with E-state index in [0.717, 1.165) is 6.08 Å². The molecule has 0 radical (unpaired) electrons. The number of benzene rings is 1. The van der Waals surface area contributed by atoms with Crippen molar-refractivity contribution >= 4 is 11.5 Å². The highest BCUT2D eigenvalue weighted by Crippen LogP contribution is 2.36. The van der Waals surface area contributed by atoms with Gasteiger partial charge < -0.3 is 24.4 Å². The van der Waals surface area contributed by atoms with Crippen LogP contribution < -0.4 is 0 Å². The van der Waals surface area contributed by atoms with Gasteiger partial charge in [0.2, 0.25) is 5.78 Å². The van der Waals surface area contributed by atoms with E-state index in [-0.39, 0.29) is 23.7 Å². The van der Waals surface area contributed by atoms with Crippen LogP contribution >= 0.6 is 0 Å². The standard InChI is InChI=1S/C17H20O6/c1-4-23-17(22-3)13(18)10-12(15(20)16(17)21-2)14(19)11-8-6-5-7-9-11/h5-10,16,18-19H,4H2,1-3H3. The Labute approximate surface area is 134 Å². The fraction of sp³-hybridized carbons (Fsp3) is 0.353. The molecule has 1 aromatic rings. The van der Waals surface area contributed by atoms with Crippen LogP contribution in [0, 0.1) is 0 Å². The molecule has 124 valence electrons. The first kappa shape index (κ1) is 17.2. The van der Waals surface area contributed by atoms with E-state index in [1.54, 1.807) is 37.3 Å². The average molecular weight is 320 g/mol. The van der Waals surface area contributed by atoms with Crippen LogP contribution in [0.5, 0.6) is 0 Å². The lowest BCUT2D eigenvalue weighted by Crippen LogP contribution is -2.56. The fourth-order valence-electron chi connectivity index (χ4n) is 2.59. The maximum Gasteiger partial charge on any atom is 0.262 e. The summed E-state index contributed by atoms with van der Waals surface area (Å²) >= 11 is 0. The van der Waals surface area contributed by atoms with E-state index in [0.29, 0.717) is 5.56 Å². The number of aliphatic hydroxyl groups is 2. The summed E-state index contributed by atoms with van der Waals surface area (Å²) in [6.45, 7) is 1.90. The van der Waals surface area contributed by atoms with Gasteiger partial charge in [-0.3, -0.25) is 4.79 Å². The molecule has 6 heteroatoms. The van der Waals surface area contributed by atoms with Crippen molar-refractivity contribution in [2.45, 2.75) is 18.8 Å². The second-order valence-corrected chi connectivity index (χ2v) is 4.94. The highest BCUT2D eigenvalue weighted by molar-refractivity contribution is 6.08. The van der Waals surface area contributed by atoms with Gasteiger partial charge in [-0.05, 0) is 13.0 Å². The van der Waals surface area contributed by atoms with E-state index in [4.69, 9.17) is 14.2 Å². The molecule has 2 atom stereocenters. The lowest BCUT2D eigenvalue weighted by Gasteiger charge is -2.39. The quantitative estimate of drug-likeness (QED) is 0.492. The molecular formula is C17H20O6. The Bertz CT molecular complexity index is 634. The Morgan fingerprint density at radius 3 is 2.43 bits per heavy atom. The number of carbonyl (C=O) groups excluding carboxylic acids is 1. The molecule has 23 heavy (non-hydrogen) atoms. The lowest BCUT2D eigenvalue weighted by molar-refractivity contribution is -0.260. The Hall–Kier alpha value is -2.15. The predicted octanol–water partition coefficient (Wildman–Crippen LogP) is 2.37. The molecule has 2 rings (SSSR count). The van der Waals surface area contributed by atoms with E-state index < -0.39 is 17.7 Å². The number of allylic oxidation sites excluding steroid dienone is 1. The van der Waals surface area contributed by atoms with Crippen molar-refractivity contribution in [3.63, 3.8) is 0 Å². The molecule has 0 bridgehead atoms. The number of hydrogen-bond donors (Lipinski definition) is 2. The number of ketones is 1. The minimum Gasteiger partial charge on any atom is -0.507 e. The van der Waals surface area contributed by atoms with E-state index >= 15 is 0 Å². The van der Waals surface area contributed by atoms with Crippen LogP contribution in [0.25, 0.3) is 5.76 Å². The zero-order chi connectivity index (χ0) is 17.0. The molecule has 6 nitrogen and oxygen atoms in total. The molecule has 0 saturated carbocycles. The second kappa shape index (κ2) is 6.95. The van der Waals surface area contributed by atoms with Crippen LogP contribution in [0.1, 0.15) is 12.5 Å². The second-order valence-electron chi connectivity index (χ2n) is 4.94. The summed E-state index contributed by atoms with van der Waals surface area (Å²) in [4.78, 5) is 12.7. The molecule has 0 fully saturated rings. The van der Waals surface area contributed by atoms with E-state index in [1.165, 1.54) is 14.2 Å². The lowest BCUT2D eigenvalue weighted by atomic mass is 9.88. The van der Waals surface area contributed by atoms with Crippen molar-refractivity contribution in [1.82, 2.24) is 0 Å². The van der Waals surface area contributed by atoms with Crippen LogP contribution in [-0.4, -0.2) is 48.7 Å². The third-order valence-electron chi connectivity index (χ3n) is 3.69. The zero-order valence-corrected chi connectivity index (χ0v) is 13.3. The van der Waals surface area contributed by atoms with Gasteiger partial charge in [-0.1, -0.05) is 30.3 Å². The SMILES string of the molecule is CCOC1(OC)C(O)=CC(=C(O)c2ccccc2)C(=O)C1OC. The van der Waals surface area contributed by atoms with Gasteiger partial charge in [-0.2, -0.15) is 0 Å². The maximum absolute atomic E-state index is 12.7. The minimum absolute atomic E-state index is 0.0621. The molecule has 0 heterocycles. The molecule has 1 aliphatic rings. The number of aliphatic hydroxyl groups excluding tert-OH is 2. The smallest absolute Gasteiger partial charge is 0.262 e. The highest BCUT2D eigenvalue weighted by Gasteiger charge is 2.53. The third kappa shape index (κ3) is 2.88. The molecule has 0 amide bonds. The normalized spacial score (nSPS) is 26.8. The molecule has 0 aliphatic heterocycles. The number of methoxy groups -OCH3 is 2. The first-order valence-electron chi connectivity index (χ1n) is 7.17. The van der Waals surface area contributed by atoms with Crippen LogP contribution in [0.3, 0.4) is 0 Å². The summed E-state index contributed by atoms with van der Waals surface area (Å²) in [6.07, 6.45) is -0.0855. The van der Waals surface area contributed by atoms with Crippen molar-refractivity contribution in [3.05, 3.63) is 53.3 Å². The molecule has 0 spiro atoms. The number of ether oxygens (including phenoxy) is 3. The van der Waals surface area contributed by atoms with Gasteiger partial charge in [0.15, 0.2) is 11.9 Å². The molecule has 0 aromatic heterocycles. The largest absolute Gasteiger partial charge is 0.507 e. The summed E-state index contributed by atoms with van der Waals surface area (Å²) in [5.41, 5.74) is 0.393. The Balaban J connectivity index is 2.60. The van der Waals surface area contributed by atoms with Crippen LogP contribution in [0.2, 0.25) is 0 Å². The van der Waals surface area contributed by atoms with Gasteiger partial charge in [0.05, 0.1) is 5.57 Å². The maximum atomic E-state index is 12.7. The summed E-state index contributed by atoms with van der Waals surface area (Å²) in [5, 5.41) is 20.8. The van der Waals surface area contributed by atoms with Gasteiger partial charge in [0.1, 0.15) is 5.76 Å². The van der Waals surface area contributed by atoms with E-state index in [2.05, 4.69) is 0 Å². The Morgan fingerprint density at radius 2 is 1.91 bits per heavy atom. The molecule has 1 aromatic carbocycles. The van der Waals surface area contributed by atoms with Crippen molar-refractivity contribution in [2.24, 2.45) is 0 Å². The summed E-state index contributed by atoms with van der Waals surface area (Å²) in [5.74, 6) is -2.85. The fourth-order valence-corrected chi connectivity index (χ4v) is 2.59. The minimum atomic E-state index is -1.72. The van der Waals surface area contributed by atoms with Crippen molar-refractivity contribution in [3.8, 4) is 0 Å². The molecular weight excluding hydrogens is 300 g/mol. The number of carbonyl (C=O) groups is 1. The predicted molar refractivity (Wildman–Crippen MR) is 83.9 cm³/mol. The van der Waals surface area contributed by atoms with Gasteiger partial charge in [-0.15, -0.1) is 0 Å². The third-order valence-corrected chi connectivity index (χ3v) is 3.69. The van der Waals surface area contributed by atoms with Gasteiger partial charge in [-0.25, -0.2) is 0 Å². The zero-order valence-electron chi connectivity index (χ0n) is 13.3. The van der Waals surface area contributed by atoms with Crippen LogP contribution in [-0.2, 0) is 19.0 Å². The number of hydrogen-bond acceptors (Lipinski definition) is 6. The monoisotopic (exact) mass is 320 g/mol. The molecule has 1 aliphatic carbocycles. The summed E-state index contributed by atoms with van der Waals surface area (Å²) in [7, 11) is 2.62. The van der Waals surface area contributed by atoms with E-state index in [9.17, 15) is 15.0 Å². The van der Waals surface area contributed by atoms with Gasteiger partial charge in [0, 0.05) is 26.4 Å². The number of Topliss-reactive ketones (excluding diaryl/α,β-unsaturated/α-hetero) is 1. The average Bonchev–Trinajstić information content (AvgIpc) is 2.58. The van der Waals surface area contributed by atoms with Gasteiger partial charge in [0.25, 0.3) is 5.79 Å². The van der Waals surface area contributed by atoms with E-state index in [1.807, 2.05) is 0 Å². The topological polar surface area (TPSA) is 85.2 Å².